The number of Topliss-reactive ketones (excluding diaryl/α,β-unsaturated/α-hetero) is 1. The minimum atomic E-state index is -0.838. The number of allylic oxidation sites excluding steroid dienone is 2. The third-order valence-electron chi connectivity index (χ3n) is 7.72. The van der Waals surface area contributed by atoms with Crippen molar-refractivity contribution < 1.29 is 28.7 Å². The smallest absolute Gasteiger partial charge is 0.299 e. The summed E-state index contributed by atoms with van der Waals surface area (Å²) >= 11 is 0. The molecule has 0 saturated heterocycles. The van der Waals surface area contributed by atoms with Gasteiger partial charge in [0, 0.05) is 12.2 Å². The number of para-hydroxylation sites is 1. The normalized spacial score (nSPS) is 16.5. The maximum Gasteiger partial charge on any atom is 0.299 e. The van der Waals surface area contributed by atoms with Crippen molar-refractivity contribution >= 4 is 34.9 Å². The lowest BCUT2D eigenvalue weighted by atomic mass is 9.85. The molecular formula is C33H33N3O6. The number of carbonyl (C=O) groups excluding carboxylic acids is 4. The van der Waals surface area contributed by atoms with Gasteiger partial charge in [-0.2, -0.15) is 0 Å². The highest BCUT2D eigenvalue weighted by Crippen LogP contribution is 2.31. The zero-order valence-electron chi connectivity index (χ0n) is 23.6. The molecule has 0 fully saturated rings. The fourth-order valence-electron chi connectivity index (χ4n) is 5.50. The van der Waals surface area contributed by atoms with E-state index in [1.807, 2.05) is 18.2 Å². The van der Waals surface area contributed by atoms with Crippen molar-refractivity contribution in [2.24, 2.45) is 5.92 Å². The molecule has 3 aromatic carbocycles. The van der Waals surface area contributed by atoms with Crippen LogP contribution in [0, 0.1) is 5.92 Å². The van der Waals surface area contributed by atoms with Gasteiger partial charge < -0.3 is 19.7 Å². The Morgan fingerprint density at radius 1 is 0.929 bits per heavy atom. The van der Waals surface area contributed by atoms with Crippen LogP contribution in [0.5, 0.6) is 11.5 Å². The van der Waals surface area contributed by atoms with E-state index in [0.717, 1.165) is 12.0 Å². The molecular weight excluding hydrogens is 534 g/mol. The maximum atomic E-state index is 14.2. The summed E-state index contributed by atoms with van der Waals surface area (Å²) in [5, 5.41) is 2.99. The summed E-state index contributed by atoms with van der Waals surface area (Å²) in [6.07, 6.45) is 6.24. The van der Waals surface area contributed by atoms with Gasteiger partial charge in [0.25, 0.3) is 11.7 Å². The molecule has 0 aromatic heterocycles. The molecule has 0 spiro atoms. The number of carbonyl (C=O) groups is 4. The van der Waals surface area contributed by atoms with Crippen LogP contribution in [-0.2, 0) is 20.9 Å². The van der Waals surface area contributed by atoms with Gasteiger partial charge in [0.05, 0.1) is 25.5 Å². The van der Waals surface area contributed by atoms with E-state index in [9.17, 15) is 19.2 Å². The van der Waals surface area contributed by atoms with Crippen molar-refractivity contribution in [3.63, 3.8) is 0 Å². The number of hydrogen-bond donors (Lipinski definition) is 1. The lowest BCUT2D eigenvalue weighted by molar-refractivity contribution is -0.140. The summed E-state index contributed by atoms with van der Waals surface area (Å²) in [4.78, 5) is 56.6. The Morgan fingerprint density at radius 2 is 1.60 bits per heavy atom. The van der Waals surface area contributed by atoms with Crippen LogP contribution in [0.15, 0.2) is 84.9 Å². The van der Waals surface area contributed by atoms with E-state index in [1.54, 1.807) is 79.8 Å². The Hall–Kier alpha value is -4.92. The van der Waals surface area contributed by atoms with E-state index in [-0.39, 0.29) is 30.5 Å². The topological polar surface area (TPSA) is 105 Å². The van der Waals surface area contributed by atoms with Gasteiger partial charge in [0.2, 0.25) is 11.8 Å². The number of fused-ring (bicyclic) bond motifs is 1. The molecule has 2 atom stereocenters. The second-order valence-corrected chi connectivity index (χ2v) is 10.3. The average Bonchev–Trinajstić information content (AvgIpc) is 3.26. The van der Waals surface area contributed by atoms with Crippen molar-refractivity contribution in [3.8, 4) is 11.5 Å². The van der Waals surface area contributed by atoms with E-state index in [4.69, 9.17) is 9.47 Å². The summed E-state index contributed by atoms with van der Waals surface area (Å²) in [6.45, 7) is -0.242. The van der Waals surface area contributed by atoms with Gasteiger partial charge in [-0.1, -0.05) is 36.4 Å². The average molecular weight is 568 g/mol. The quantitative estimate of drug-likeness (QED) is 0.283. The number of rotatable bonds is 10. The number of amides is 3. The first-order chi connectivity index (χ1) is 20.4. The number of ether oxygens (including phenoxy) is 2. The molecule has 5 rings (SSSR count). The molecule has 9 heteroatoms. The highest BCUT2D eigenvalue weighted by Gasteiger charge is 2.41. The van der Waals surface area contributed by atoms with Crippen LogP contribution in [-0.4, -0.2) is 55.2 Å². The first kappa shape index (κ1) is 28.6. The fraction of sp³-hybridized carbons (Fsp3) is 0.273. The zero-order chi connectivity index (χ0) is 29.6. The highest BCUT2D eigenvalue weighted by atomic mass is 16.5. The predicted octanol–water partition coefficient (Wildman–Crippen LogP) is 4.63. The van der Waals surface area contributed by atoms with E-state index >= 15 is 0 Å². The van der Waals surface area contributed by atoms with Crippen LogP contribution in [0.3, 0.4) is 0 Å². The first-order valence-corrected chi connectivity index (χ1v) is 13.9. The number of benzene rings is 3. The Labute approximate surface area is 244 Å². The molecule has 1 aliphatic heterocycles. The standard InChI is InChI=1S/C33H33N3O6/c1-41-25-16-12-22(13-17-25)20-36(29(37)21-35-28-11-7-6-10-27(28)31(38)33(35)40)30(23-8-4-3-5-9-23)32(39)34-24-14-18-26(42-2)19-15-24/h3-4,6-7,10-19,23,30H,5,8-9,20-21H2,1-2H3,(H,34,39)/t23-,30+/m0/s1. The van der Waals surface area contributed by atoms with Gasteiger partial charge in [0.15, 0.2) is 0 Å². The van der Waals surface area contributed by atoms with Crippen molar-refractivity contribution in [1.29, 1.82) is 0 Å². The Bertz CT molecular complexity index is 1500. The number of nitrogens with zero attached hydrogens (tertiary/aromatic N) is 2. The van der Waals surface area contributed by atoms with Crippen molar-refractivity contribution in [2.45, 2.75) is 31.8 Å². The minimum Gasteiger partial charge on any atom is -0.497 e. The number of ketones is 1. The zero-order valence-corrected chi connectivity index (χ0v) is 23.6. The lowest BCUT2D eigenvalue weighted by Gasteiger charge is -2.37. The van der Waals surface area contributed by atoms with E-state index in [2.05, 4.69) is 11.4 Å². The lowest BCUT2D eigenvalue weighted by Crippen LogP contribution is -2.54. The van der Waals surface area contributed by atoms with Gasteiger partial charge in [-0.25, -0.2) is 0 Å². The fourth-order valence-corrected chi connectivity index (χ4v) is 5.50. The monoisotopic (exact) mass is 567 g/mol. The first-order valence-electron chi connectivity index (χ1n) is 13.9. The molecule has 0 bridgehead atoms. The number of nitrogens with one attached hydrogen (secondary N) is 1. The molecule has 42 heavy (non-hydrogen) atoms. The van der Waals surface area contributed by atoms with Crippen molar-refractivity contribution in [2.75, 3.05) is 31.0 Å². The number of anilines is 2. The van der Waals surface area contributed by atoms with Crippen LogP contribution in [0.4, 0.5) is 11.4 Å². The van der Waals surface area contributed by atoms with Gasteiger partial charge in [-0.05, 0) is 79.3 Å². The predicted molar refractivity (Wildman–Crippen MR) is 159 cm³/mol. The van der Waals surface area contributed by atoms with E-state index in [1.165, 1.54) is 4.90 Å². The molecule has 1 aliphatic carbocycles. The molecule has 1 N–H and O–H groups in total. The molecule has 0 unspecified atom stereocenters. The van der Waals surface area contributed by atoms with Crippen molar-refractivity contribution in [3.05, 3.63) is 96.1 Å². The molecule has 3 amide bonds. The molecule has 216 valence electrons. The maximum absolute atomic E-state index is 14.2. The molecule has 2 aliphatic rings. The molecule has 3 aromatic rings. The molecule has 9 nitrogen and oxygen atoms in total. The Kier molecular flexibility index (Phi) is 8.66. The Morgan fingerprint density at radius 3 is 2.24 bits per heavy atom. The van der Waals surface area contributed by atoms with Crippen LogP contribution in [0.2, 0.25) is 0 Å². The van der Waals surface area contributed by atoms with Gasteiger partial charge in [-0.3, -0.25) is 24.1 Å². The molecule has 0 saturated carbocycles. The van der Waals surface area contributed by atoms with Gasteiger partial charge in [-0.15, -0.1) is 0 Å². The van der Waals surface area contributed by atoms with Crippen LogP contribution in [0.1, 0.15) is 35.2 Å². The minimum absolute atomic E-state index is 0.126. The van der Waals surface area contributed by atoms with Crippen LogP contribution >= 0.6 is 0 Å². The summed E-state index contributed by atoms with van der Waals surface area (Å²) in [5.41, 5.74) is 2.03. The highest BCUT2D eigenvalue weighted by molar-refractivity contribution is 6.52. The third kappa shape index (κ3) is 6.05. The van der Waals surface area contributed by atoms with E-state index in [0.29, 0.717) is 35.7 Å². The number of hydrogen-bond acceptors (Lipinski definition) is 6. The summed E-state index contributed by atoms with van der Waals surface area (Å²) < 4.78 is 10.5. The Balaban J connectivity index is 1.49. The second-order valence-electron chi connectivity index (χ2n) is 10.3. The van der Waals surface area contributed by atoms with Crippen molar-refractivity contribution in [1.82, 2.24) is 4.90 Å². The summed E-state index contributed by atoms with van der Waals surface area (Å²) in [5.74, 6) is -0.998. The SMILES string of the molecule is COc1ccc(CN(C(=O)CN2C(=O)C(=O)c3ccccc32)[C@@H](C(=O)Nc2ccc(OC)cc2)[C@H]2CC=CCC2)cc1. The number of methoxy groups -OCH3 is 2. The second kappa shape index (κ2) is 12.7. The summed E-state index contributed by atoms with van der Waals surface area (Å²) in [7, 11) is 3.15. The largest absolute Gasteiger partial charge is 0.497 e. The third-order valence-corrected chi connectivity index (χ3v) is 7.72. The van der Waals surface area contributed by atoms with Crippen LogP contribution in [0.25, 0.3) is 0 Å². The van der Waals surface area contributed by atoms with E-state index < -0.39 is 23.6 Å². The van der Waals surface area contributed by atoms with Gasteiger partial charge in [0.1, 0.15) is 24.1 Å². The molecule has 1 heterocycles. The van der Waals surface area contributed by atoms with Gasteiger partial charge >= 0.3 is 0 Å². The van der Waals surface area contributed by atoms with Crippen LogP contribution < -0.4 is 19.7 Å². The molecule has 0 radical (unpaired) electrons. The summed E-state index contributed by atoms with van der Waals surface area (Å²) in [6, 6.07) is 20.1.